The van der Waals surface area contributed by atoms with Gasteiger partial charge in [-0.25, -0.2) is 4.68 Å². The molecule has 3 aromatic rings. The lowest BCUT2D eigenvalue weighted by molar-refractivity contribution is -0.116. The first-order valence-electron chi connectivity index (χ1n) is 9.33. The third-order valence-corrected chi connectivity index (χ3v) is 6.32. The summed E-state index contributed by atoms with van der Waals surface area (Å²) in [5, 5.41) is 11.6. The van der Waals surface area contributed by atoms with Crippen LogP contribution in [0, 0.1) is 20.8 Å². The van der Waals surface area contributed by atoms with Gasteiger partial charge in [0.25, 0.3) is 0 Å². The maximum Gasteiger partial charge on any atom is 0.240 e. The second-order valence-electron chi connectivity index (χ2n) is 7.07. The first kappa shape index (κ1) is 19.3. The number of nitrogens with one attached hydrogen (secondary N) is 2. The molecule has 29 heavy (non-hydrogen) atoms. The Kier molecular flexibility index (Phi) is 5.19. The molecule has 1 aliphatic rings. The standard InChI is InChI=1S/C21H23N5O2S/c1-12-5-8-16(11-13(12)2)22-20(27)19-18(15-6-9-17(28-4)10-7-15)25-26-14(3)23-24-21(26)29-19/h5-11,18-19,25H,1-4H3,(H,22,27)/t18-,19+/m0/s1. The Balaban J connectivity index is 1.65. The van der Waals surface area contributed by atoms with Crippen LogP contribution in [0.1, 0.15) is 28.6 Å². The molecule has 0 saturated carbocycles. The Labute approximate surface area is 173 Å². The van der Waals surface area contributed by atoms with Gasteiger partial charge in [-0.1, -0.05) is 30.0 Å². The summed E-state index contributed by atoms with van der Waals surface area (Å²) >= 11 is 1.41. The topological polar surface area (TPSA) is 81.1 Å². The molecule has 4 rings (SSSR count). The van der Waals surface area contributed by atoms with Gasteiger partial charge in [0.15, 0.2) is 0 Å². The molecule has 0 spiro atoms. The number of benzene rings is 2. The lowest BCUT2D eigenvalue weighted by Gasteiger charge is -2.32. The van der Waals surface area contributed by atoms with Gasteiger partial charge in [0.1, 0.15) is 16.8 Å². The van der Waals surface area contributed by atoms with Crippen LogP contribution in [0.3, 0.4) is 0 Å². The molecule has 2 atom stereocenters. The molecule has 2 N–H and O–H groups in total. The van der Waals surface area contributed by atoms with Crippen LogP contribution in [-0.2, 0) is 4.79 Å². The molecular weight excluding hydrogens is 386 g/mol. The van der Waals surface area contributed by atoms with E-state index >= 15 is 0 Å². The highest BCUT2D eigenvalue weighted by Crippen LogP contribution is 2.38. The lowest BCUT2D eigenvalue weighted by atomic mass is 10.0. The van der Waals surface area contributed by atoms with Crippen LogP contribution in [0.5, 0.6) is 5.75 Å². The van der Waals surface area contributed by atoms with Crippen molar-refractivity contribution in [2.75, 3.05) is 17.9 Å². The van der Waals surface area contributed by atoms with E-state index in [-0.39, 0.29) is 11.9 Å². The molecule has 150 valence electrons. The summed E-state index contributed by atoms with van der Waals surface area (Å²) in [5.74, 6) is 1.44. The number of fused-ring (bicyclic) bond motifs is 1. The number of rotatable bonds is 4. The average Bonchev–Trinajstić information content (AvgIpc) is 3.10. The van der Waals surface area contributed by atoms with E-state index in [0.717, 1.165) is 28.4 Å². The minimum atomic E-state index is -0.416. The van der Waals surface area contributed by atoms with E-state index in [9.17, 15) is 4.79 Å². The zero-order valence-corrected chi connectivity index (χ0v) is 17.6. The molecule has 2 heterocycles. The largest absolute Gasteiger partial charge is 0.497 e. The molecule has 1 amide bonds. The van der Waals surface area contributed by atoms with Crippen LogP contribution in [0.25, 0.3) is 0 Å². The smallest absolute Gasteiger partial charge is 0.240 e. The molecule has 1 aromatic heterocycles. The quantitative estimate of drug-likeness (QED) is 0.685. The van der Waals surface area contributed by atoms with Gasteiger partial charge in [-0.15, -0.1) is 10.2 Å². The Morgan fingerprint density at radius 3 is 2.55 bits per heavy atom. The van der Waals surface area contributed by atoms with Gasteiger partial charge in [-0.3, -0.25) is 4.79 Å². The Bertz CT molecular complexity index is 1050. The second-order valence-corrected chi connectivity index (χ2v) is 8.18. The minimum absolute atomic E-state index is 0.0847. The third-order valence-electron chi connectivity index (χ3n) is 5.11. The maximum atomic E-state index is 13.2. The van der Waals surface area contributed by atoms with E-state index in [0.29, 0.717) is 5.16 Å². The fraction of sp³-hybridized carbons (Fsp3) is 0.286. The maximum absolute atomic E-state index is 13.2. The van der Waals surface area contributed by atoms with Gasteiger partial charge in [-0.2, -0.15) is 0 Å². The number of carbonyl (C=O) groups is 1. The molecule has 0 radical (unpaired) electrons. The summed E-state index contributed by atoms with van der Waals surface area (Å²) in [6.45, 7) is 5.97. The molecule has 8 heteroatoms. The Hall–Kier alpha value is -3.00. The number of hydrogen-bond donors (Lipinski definition) is 2. The summed E-state index contributed by atoms with van der Waals surface area (Å²) in [4.78, 5) is 13.2. The summed E-state index contributed by atoms with van der Waals surface area (Å²) < 4.78 is 7.10. The molecular formula is C21H23N5O2S. The van der Waals surface area contributed by atoms with Crippen molar-refractivity contribution in [3.63, 3.8) is 0 Å². The fourth-order valence-corrected chi connectivity index (χ4v) is 4.38. The number of aryl methyl sites for hydroxylation is 3. The number of thioether (sulfide) groups is 1. The first-order chi connectivity index (χ1) is 14.0. The Morgan fingerprint density at radius 2 is 1.86 bits per heavy atom. The molecule has 0 saturated heterocycles. The summed E-state index contributed by atoms with van der Waals surface area (Å²) in [5.41, 5.74) is 7.51. The van der Waals surface area contributed by atoms with Crippen molar-refractivity contribution in [2.45, 2.75) is 37.2 Å². The molecule has 0 unspecified atom stereocenters. The second kappa shape index (κ2) is 7.79. The van der Waals surface area contributed by atoms with Gasteiger partial charge in [0.05, 0.1) is 13.2 Å². The highest BCUT2D eigenvalue weighted by atomic mass is 32.2. The number of nitrogens with zero attached hydrogens (tertiary/aromatic N) is 3. The van der Waals surface area contributed by atoms with E-state index in [2.05, 4.69) is 27.9 Å². The van der Waals surface area contributed by atoms with Crippen LogP contribution >= 0.6 is 11.8 Å². The van der Waals surface area contributed by atoms with Crippen LogP contribution < -0.4 is 15.5 Å². The van der Waals surface area contributed by atoms with E-state index in [4.69, 9.17) is 4.74 Å². The average molecular weight is 410 g/mol. The summed E-state index contributed by atoms with van der Waals surface area (Å²) in [7, 11) is 1.64. The first-order valence-corrected chi connectivity index (χ1v) is 10.2. The van der Waals surface area contributed by atoms with Gasteiger partial charge in [0, 0.05) is 5.69 Å². The number of aromatic nitrogens is 3. The van der Waals surface area contributed by atoms with E-state index in [1.807, 2.05) is 61.0 Å². The van der Waals surface area contributed by atoms with Crippen molar-refractivity contribution in [3.8, 4) is 5.75 Å². The predicted molar refractivity (Wildman–Crippen MR) is 114 cm³/mol. The highest BCUT2D eigenvalue weighted by Gasteiger charge is 2.37. The van der Waals surface area contributed by atoms with Gasteiger partial charge < -0.3 is 15.5 Å². The van der Waals surface area contributed by atoms with Crippen molar-refractivity contribution in [3.05, 3.63) is 65.0 Å². The van der Waals surface area contributed by atoms with Gasteiger partial charge in [-0.05, 0) is 61.7 Å². The number of anilines is 1. The van der Waals surface area contributed by atoms with Crippen molar-refractivity contribution in [2.24, 2.45) is 0 Å². The highest BCUT2D eigenvalue weighted by molar-refractivity contribution is 8.00. The summed E-state index contributed by atoms with van der Waals surface area (Å²) in [6, 6.07) is 13.4. The number of carbonyl (C=O) groups excluding carboxylic acids is 1. The number of methoxy groups -OCH3 is 1. The monoisotopic (exact) mass is 409 g/mol. The van der Waals surface area contributed by atoms with E-state index < -0.39 is 5.25 Å². The van der Waals surface area contributed by atoms with Crippen LogP contribution in [-0.4, -0.2) is 33.1 Å². The van der Waals surface area contributed by atoms with Gasteiger partial charge >= 0.3 is 0 Å². The Morgan fingerprint density at radius 1 is 1.10 bits per heavy atom. The van der Waals surface area contributed by atoms with Crippen molar-refractivity contribution in [1.82, 2.24) is 14.9 Å². The van der Waals surface area contributed by atoms with Crippen LogP contribution in [0.2, 0.25) is 0 Å². The van der Waals surface area contributed by atoms with Crippen LogP contribution in [0.4, 0.5) is 5.69 Å². The SMILES string of the molecule is COc1ccc([C@@H]2Nn3c(C)nnc3S[C@H]2C(=O)Nc2ccc(C)c(C)c2)cc1. The van der Waals surface area contributed by atoms with Crippen molar-refractivity contribution in [1.29, 1.82) is 0 Å². The van der Waals surface area contributed by atoms with Crippen molar-refractivity contribution >= 4 is 23.4 Å². The van der Waals surface area contributed by atoms with Crippen LogP contribution in [0.15, 0.2) is 47.6 Å². The normalized spacial score (nSPS) is 17.9. The van der Waals surface area contributed by atoms with E-state index in [1.165, 1.54) is 17.3 Å². The summed E-state index contributed by atoms with van der Waals surface area (Å²) in [6.07, 6.45) is 0. The van der Waals surface area contributed by atoms with Gasteiger partial charge in [0.2, 0.25) is 11.1 Å². The zero-order valence-electron chi connectivity index (χ0n) is 16.8. The van der Waals surface area contributed by atoms with Crippen molar-refractivity contribution < 1.29 is 9.53 Å². The minimum Gasteiger partial charge on any atom is -0.497 e. The number of ether oxygens (including phenoxy) is 1. The zero-order chi connectivity index (χ0) is 20.5. The molecule has 0 aliphatic carbocycles. The molecule has 2 aromatic carbocycles. The molecule has 0 bridgehead atoms. The van der Waals surface area contributed by atoms with E-state index in [1.54, 1.807) is 7.11 Å². The molecule has 0 fully saturated rings. The number of amides is 1. The predicted octanol–water partition coefficient (Wildman–Crippen LogP) is 3.61. The molecule has 1 aliphatic heterocycles. The lowest BCUT2D eigenvalue weighted by Crippen LogP contribution is -2.41. The molecule has 7 nitrogen and oxygen atoms in total. The number of hydrogen-bond acceptors (Lipinski definition) is 6. The third kappa shape index (κ3) is 3.80. The fourth-order valence-electron chi connectivity index (χ4n) is 3.25.